The molecule has 19 heavy (non-hydrogen) atoms. The van der Waals surface area contributed by atoms with Crippen molar-refractivity contribution in [1.29, 1.82) is 0 Å². The van der Waals surface area contributed by atoms with Crippen molar-refractivity contribution in [3.05, 3.63) is 18.5 Å². The third kappa shape index (κ3) is 3.24. The SMILES string of the molecule is C[C@@H]1CN(C(=O)NCCn2cccn2)C[C@H]1C(=O)O. The molecule has 104 valence electrons. The van der Waals surface area contributed by atoms with Gasteiger partial charge >= 0.3 is 12.0 Å². The van der Waals surface area contributed by atoms with Gasteiger partial charge in [0.2, 0.25) is 0 Å². The number of hydrogen-bond acceptors (Lipinski definition) is 3. The van der Waals surface area contributed by atoms with E-state index in [-0.39, 0.29) is 18.5 Å². The summed E-state index contributed by atoms with van der Waals surface area (Å²) in [4.78, 5) is 24.4. The van der Waals surface area contributed by atoms with Gasteiger partial charge in [-0.1, -0.05) is 6.92 Å². The molecule has 0 spiro atoms. The van der Waals surface area contributed by atoms with Crippen molar-refractivity contribution < 1.29 is 14.7 Å². The topological polar surface area (TPSA) is 87.5 Å². The van der Waals surface area contributed by atoms with Crippen LogP contribution in [0.5, 0.6) is 0 Å². The first-order chi connectivity index (χ1) is 9.08. The van der Waals surface area contributed by atoms with Crippen molar-refractivity contribution in [3.8, 4) is 0 Å². The smallest absolute Gasteiger partial charge is 0.317 e. The molecule has 1 saturated heterocycles. The van der Waals surface area contributed by atoms with Crippen LogP contribution in [0.2, 0.25) is 0 Å². The Morgan fingerprint density at radius 1 is 1.47 bits per heavy atom. The molecular weight excluding hydrogens is 248 g/mol. The summed E-state index contributed by atoms with van der Waals surface area (Å²) in [6.45, 7) is 3.71. The van der Waals surface area contributed by atoms with Crippen LogP contribution >= 0.6 is 0 Å². The quantitative estimate of drug-likeness (QED) is 0.817. The fourth-order valence-electron chi connectivity index (χ4n) is 2.28. The molecular formula is C12H18N4O3. The molecule has 2 N–H and O–H groups in total. The van der Waals surface area contributed by atoms with Gasteiger partial charge in [-0.2, -0.15) is 5.10 Å². The zero-order chi connectivity index (χ0) is 13.8. The van der Waals surface area contributed by atoms with E-state index >= 15 is 0 Å². The molecule has 1 aliphatic rings. The number of likely N-dealkylation sites (tertiary alicyclic amines) is 1. The minimum atomic E-state index is -0.834. The number of carboxylic acids is 1. The highest BCUT2D eigenvalue weighted by molar-refractivity contribution is 5.77. The fourth-order valence-corrected chi connectivity index (χ4v) is 2.28. The molecule has 2 amide bonds. The summed E-state index contributed by atoms with van der Waals surface area (Å²) in [5.74, 6) is -1.30. The molecule has 1 aliphatic heterocycles. The van der Waals surface area contributed by atoms with Crippen LogP contribution in [0.4, 0.5) is 4.79 Å². The summed E-state index contributed by atoms with van der Waals surface area (Å²) in [5.41, 5.74) is 0. The van der Waals surface area contributed by atoms with Crippen LogP contribution < -0.4 is 5.32 Å². The molecule has 1 fully saturated rings. The number of urea groups is 1. The van der Waals surface area contributed by atoms with Crippen molar-refractivity contribution in [3.63, 3.8) is 0 Å². The van der Waals surface area contributed by atoms with E-state index in [1.54, 1.807) is 15.8 Å². The Labute approximate surface area is 111 Å². The number of aromatic nitrogens is 2. The maximum absolute atomic E-state index is 11.9. The summed E-state index contributed by atoms with van der Waals surface area (Å²) in [5, 5.41) is 15.8. The number of carbonyl (C=O) groups excluding carboxylic acids is 1. The molecule has 2 atom stereocenters. The summed E-state index contributed by atoms with van der Waals surface area (Å²) in [7, 11) is 0. The van der Waals surface area contributed by atoms with E-state index in [1.165, 1.54) is 0 Å². The van der Waals surface area contributed by atoms with Crippen LogP contribution in [0.1, 0.15) is 6.92 Å². The van der Waals surface area contributed by atoms with Gasteiger partial charge in [-0.3, -0.25) is 9.48 Å². The van der Waals surface area contributed by atoms with E-state index in [2.05, 4.69) is 10.4 Å². The van der Waals surface area contributed by atoms with E-state index in [1.807, 2.05) is 19.2 Å². The maximum atomic E-state index is 11.9. The number of hydrogen-bond donors (Lipinski definition) is 2. The lowest BCUT2D eigenvalue weighted by molar-refractivity contribution is -0.142. The third-order valence-corrected chi connectivity index (χ3v) is 3.39. The summed E-state index contributed by atoms with van der Waals surface area (Å²) in [6, 6.07) is 1.62. The number of amides is 2. The average molecular weight is 266 g/mol. The van der Waals surface area contributed by atoms with Crippen LogP contribution in [-0.4, -0.2) is 51.4 Å². The van der Waals surface area contributed by atoms with Gasteiger partial charge in [0.1, 0.15) is 0 Å². The van der Waals surface area contributed by atoms with E-state index in [0.717, 1.165) is 0 Å². The van der Waals surface area contributed by atoms with Crippen LogP contribution in [-0.2, 0) is 11.3 Å². The van der Waals surface area contributed by atoms with Crippen molar-refractivity contribution in [1.82, 2.24) is 20.0 Å². The molecule has 1 aromatic heterocycles. The molecule has 0 aromatic carbocycles. The first kappa shape index (κ1) is 13.4. The van der Waals surface area contributed by atoms with E-state index < -0.39 is 11.9 Å². The summed E-state index contributed by atoms with van der Waals surface area (Å²) in [6.07, 6.45) is 3.51. The second-order valence-electron chi connectivity index (χ2n) is 4.83. The largest absolute Gasteiger partial charge is 0.481 e. The summed E-state index contributed by atoms with van der Waals surface area (Å²) < 4.78 is 1.73. The molecule has 0 radical (unpaired) electrons. The van der Waals surface area contributed by atoms with Gasteiger partial charge < -0.3 is 15.3 Å². The Kier molecular flexibility index (Phi) is 4.03. The molecule has 0 saturated carbocycles. The van der Waals surface area contributed by atoms with Crippen LogP contribution in [0.3, 0.4) is 0 Å². The van der Waals surface area contributed by atoms with Crippen LogP contribution in [0.15, 0.2) is 18.5 Å². The lowest BCUT2D eigenvalue weighted by atomic mass is 9.99. The Morgan fingerprint density at radius 3 is 2.84 bits per heavy atom. The zero-order valence-electron chi connectivity index (χ0n) is 10.8. The van der Waals surface area contributed by atoms with Gasteiger partial charge in [-0.05, 0) is 12.0 Å². The predicted octanol–water partition coefficient (Wildman–Crippen LogP) is 0.245. The van der Waals surface area contributed by atoms with Crippen molar-refractivity contribution in [2.24, 2.45) is 11.8 Å². The third-order valence-electron chi connectivity index (χ3n) is 3.39. The number of nitrogens with one attached hydrogen (secondary N) is 1. The van der Waals surface area contributed by atoms with Gasteiger partial charge in [-0.15, -0.1) is 0 Å². The molecule has 7 nitrogen and oxygen atoms in total. The second kappa shape index (κ2) is 5.73. The normalized spacial score (nSPS) is 22.5. The number of carbonyl (C=O) groups is 2. The first-order valence-corrected chi connectivity index (χ1v) is 6.31. The van der Waals surface area contributed by atoms with E-state index in [4.69, 9.17) is 5.11 Å². The average Bonchev–Trinajstić information content (AvgIpc) is 2.98. The van der Waals surface area contributed by atoms with Crippen molar-refractivity contribution in [2.75, 3.05) is 19.6 Å². The first-order valence-electron chi connectivity index (χ1n) is 6.31. The zero-order valence-corrected chi connectivity index (χ0v) is 10.8. The highest BCUT2D eigenvalue weighted by Crippen LogP contribution is 2.22. The summed E-state index contributed by atoms with van der Waals surface area (Å²) >= 11 is 0. The number of nitrogens with zero attached hydrogens (tertiary/aromatic N) is 3. The number of aliphatic carboxylic acids is 1. The molecule has 0 bridgehead atoms. The van der Waals surface area contributed by atoms with E-state index in [9.17, 15) is 9.59 Å². The molecule has 0 aliphatic carbocycles. The Morgan fingerprint density at radius 2 is 2.26 bits per heavy atom. The van der Waals surface area contributed by atoms with Gasteiger partial charge in [0, 0.05) is 32.0 Å². The van der Waals surface area contributed by atoms with Gasteiger partial charge in [0.25, 0.3) is 0 Å². The highest BCUT2D eigenvalue weighted by Gasteiger charge is 2.36. The lowest BCUT2D eigenvalue weighted by Crippen LogP contribution is -2.40. The second-order valence-corrected chi connectivity index (χ2v) is 4.83. The predicted molar refractivity (Wildman–Crippen MR) is 67.5 cm³/mol. The van der Waals surface area contributed by atoms with Gasteiger partial charge in [0.05, 0.1) is 12.5 Å². The highest BCUT2D eigenvalue weighted by atomic mass is 16.4. The van der Waals surface area contributed by atoms with Crippen LogP contribution in [0.25, 0.3) is 0 Å². The van der Waals surface area contributed by atoms with Crippen molar-refractivity contribution >= 4 is 12.0 Å². The Balaban J connectivity index is 1.76. The Hall–Kier alpha value is -2.05. The van der Waals surface area contributed by atoms with Gasteiger partial charge in [0.15, 0.2) is 0 Å². The van der Waals surface area contributed by atoms with Crippen molar-refractivity contribution in [2.45, 2.75) is 13.5 Å². The van der Waals surface area contributed by atoms with Gasteiger partial charge in [-0.25, -0.2) is 4.79 Å². The number of rotatable bonds is 4. The maximum Gasteiger partial charge on any atom is 0.317 e. The monoisotopic (exact) mass is 266 g/mol. The fraction of sp³-hybridized carbons (Fsp3) is 0.583. The molecule has 0 unspecified atom stereocenters. The lowest BCUT2D eigenvalue weighted by Gasteiger charge is -2.16. The molecule has 2 heterocycles. The molecule has 2 rings (SSSR count). The Bertz CT molecular complexity index is 446. The molecule has 1 aromatic rings. The van der Waals surface area contributed by atoms with Crippen LogP contribution in [0, 0.1) is 11.8 Å². The van der Waals surface area contributed by atoms with E-state index in [0.29, 0.717) is 19.6 Å². The number of carboxylic acid groups (broad SMARTS) is 1. The standard InChI is InChI=1S/C12H18N4O3/c1-9-7-15(8-10(9)11(17)18)12(19)13-4-6-16-5-2-3-14-16/h2-3,5,9-10H,4,6-8H2,1H3,(H,13,19)(H,17,18)/t9-,10-/m1/s1. The molecule has 7 heteroatoms. The minimum absolute atomic E-state index is 0.00522. The minimum Gasteiger partial charge on any atom is -0.481 e.